The summed E-state index contributed by atoms with van der Waals surface area (Å²) in [5.41, 5.74) is 8.90. The lowest BCUT2D eigenvalue weighted by Gasteiger charge is -2.35. The van der Waals surface area contributed by atoms with Crippen LogP contribution in [0.2, 0.25) is 0 Å². The van der Waals surface area contributed by atoms with Gasteiger partial charge in [0, 0.05) is 33.5 Å². The van der Waals surface area contributed by atoms with Gasteiger partial charge < -0.3 is 5.73 Å². The molecule has 1 aliphatic carbocycles. The van der Waals surface area contributed by atoms with Gasteiger partial charge in [0.1, 0.15) is 0 Å². The zero-order chi connectivity index (χ0) is 19.0. The fraction of sp³-hybridized carbons (Fsp3) is 0.522. The zero-order valence-corrected chi connectivity index (χ0v) is 16.6. The van der Waals surface area contributed by atoms with Crippen LogP contribution < -0.4 is 5.73 Å². The number of hydrogen-bond acceptors (Lipinski definition) is 2. The lowest BCUT2D eigenvalue weighted by Crippen LogP contribution is -2.34. The number of carbonyl (C=O) groups excluding carboxylic acids is 1. The van der Waals surface area contributed by atoms with E-state index in [0.29, 0.717) is 5.56 Å². The third kappa shape index (κ3) is 5.07. The topological polar surface area (TPSA) is 46.3 Å². The summed E-state index contributed by atoms with van der Waals surface area (Å²) in [5.74, 6) is -0.339. The number of benzene rings is 1. The first kappa shape index (κ1) is 20.4. The highest BCUT2D eigenvalue weighted by Crippen LogP contribution is 2.37. The highest BCUT2D eigenvalue weighted by molar-refractivity contribution is 5.93. The Hall–Kier alpha value is -1.87. The molecule has 26 heavy (non-hydrogen) atoms. The van der Waals surface area contributed by atoms with E-state index in [2.05, 4.69) is 42.2 Å². The quantitative estimate of drug-likeness (QED) is 0.702. The van der Waals surface area contributed by atoms with Gasteiger partial charge in [-0.1, -0.05) is 44.2 Å². The van der Waals surface area contributed by atoms with E-state index in [1.54, 1.807) is 0 Å². The molecule has 3 heteroatoms. The molecule has 1 unspecified atom stereocenters. The van der Waals surface area contributed by atoms with Crippen LogP contribution in [-0.4, -0.2) is 17.4 Å². The maximum Gasteiger partial charge on any atom is 0.248 e. The predicted molar refractivity (Wildman–Crippen MR) is 114 cm³/mol. The molecular formula is C23H38N2O. The fourth-order valence-electron chi connectivity index (χ4n) is 4.21. The second kappa shape index (κ2) is 9.72. The third-order valence-electron chi connectivity index (χ3n) is 5.36. The number of allylic oxidation sites excluding steroid dienone is 3. The molecule has 2 N–H and O–H groups in total. The second-order valence-corrected chi connectivity index (χ2v) is 7.26. The number of hydrogen-bond donors (Lipinski definition) is 1. The first-order chi connectivity index (χ1) is 12.6. The van der Waals surface area contributed by atoms with Gasteiger partial charge in [0.15, 0.2) is 0 Å². The first-order valence-corrected chi connectivity index (χ1v) is 10.0. The van der Waals surface area contributed by atoms with Gasteiger partial charge in [-0.15, -0.1) is 0 Å². The van der Waals surface area contributed by atoms with Crippen LogP contribution in [0, 0.1) is 5.41 Å². The Balaban J connectivity index is 0.00000177. The van der Waals surface area contributed by atoms with Crippen molar-refractivity contribution in [1.82, 2.24) is 4.90 Å². The van der Waals surface area contributed by atoms with Crippen molar-refractivity contribution in [2.45, 2.75) is 66.0 Å². The fourth-order valence-corrected chi connectivity index (χ4v) is 4.21. The standard InChI is InChI=1S/C21H28N2O.C2H6.2H2/c1-2-10-21(11-6-4-3-5-7-12-21)16-23-14-18-9-8-17(20(22)24)13-19(18)15-23;1-2;;/h2-4,8-10,13H,5-7,11-12,14-16H2,1H3,(H2,22,24);1-2H3;2*1H/b4-3+,10-2-;;;. The number of nitrogens with zero attached hydrogens (tertiary/aromatic N) is 1. The van der Waals surface area contributed by atoms with Crippen LogP contribution in [-0.2, 0) is 13.1 Å². The Bertz CT molecular complexity index is 673. The lowest BCUT2D eigenvalue weighted by atomic mass is 9.76. The van der Waals surface area contributed by atoms with E-state index >= 15 is 0 Å². The Morgan fingerprint density at radius 1 is 1.19 bits per heavy atom. The van der Waals surface area contributed by atoms with E-state index in [0.717, 1.165) is 26.1 Å². The molecule has 1 aromatic rings. The molecule has 3 rings (SSSR count). The summed E-state index contributed by atoms with van der Waals surface area (Å²) >= 11 is 0. The van der Waals surface area contributed by atoms with Gasteiger partial charge in [-0.2, -0.15) is 0 Å². The van der Waals surface area contributed by atoms with Gasteiger partial charge in [-0.25, -0.2) is 0 Å². The second-order valence-electron chi connectivity index (χ2n) is 7.26. The number of primary amides is 1. The van der Waals surface area contributed by atoms with Crippen molar-refractivity contribution < 1.29 is 7.65 Å². The summed E-state index contributed by atoms with van der Waals surface area (Å²) < 4.78 is 0. The normalized spacial score (nSPS) is 24.3. The van der Waals surface area contributed by atoms with Crippen molar-refractivity contribution in [3.05, 3.63) is 59.2 Å². The Morgan fingerprint density at radius 2 is 1.92 bits per heavy atom. The lowest BCUT2D eigenvalue weighted by molar-refractivity contribution is 0.1000. The largest absolute Gasteiger partial charge is 0.366 e. The first-order valence-electron chi connectivity index (χ1n) is 10.0. The minimum atomic E-state index is -0.339. The van der Waals surface area contributed by atoms with Gasteiger partial charge >= 0.3 is 0 Å². The van der Waals surface area contributed by atoms with Crippen LogP contribution in [0.15, 0.2) is 42.5 Å². The molecule has 3 nitrogen and oxygen atoms in total. The highest BCUT2D eigenvalue weighted by atomic mass is 16.1. The number of carbonyl (C=O) groups is 1. The van der Waals surface area contributed by atoms with Crippen molar-refractivity contribution >= 4 is 5.91 Å². The van der Waals surface area contributed by atoms with Gasteiger partial charge in [0.2, 0.25) is 5.91 Å². The maximum absolute atomic E-state index is 11.4. The van der Waals surface area contributed by atoms with Gasteiger partial charge in [0.05, 0.1) is 0 Å². The Kier molecular flexibility index (Phi) is 7.65. The van der Waals surface area contributed by atoms with Gasteiger partial charge in [-0.3, -0.25) is 9.69 Å². The molecule has 146 valence electrons. The molecule has 1 atom stereocenters. The summed E-state index contributed by atoms with van der Waals surface area (Å²) in [6.07, 6.45) is 15.4. The maximum atomic E-state index is 11.4. The number of fused-ring (bicyclic) bond motifs is 1. The molecule has 0 fully saturated rings. The zero-order valence-electron chi connectivity index (χ0n) is 16.6. The van der Waals surface area contributed by atoms with E-state index in [9.17, 15) is 4.79 Å². The van der Waals surface area contributed by atoms with E-state index in [1.165, 1.54) is 36.8 Å². The molecule has 1 amide bonds. The Morgan fingerprint density at radius 3 is 2.65 bits per heavy atom. The number of amides is 1. The number of nitrogens with two attached hydrogens (primary N) is 1. The molecular weight excluding hydrogens is 320 g/mol. The smallest absolute Gasteiger partial charge is 0.248 e. The van der Waals surface area contributed by atoms with Crippen molar-refractivity contribution in [2.24, 2.45) is 11.1 Å². The highest BCUT2D eigenvalue weighted by Gasteiger charge is 2.31. The molecule has 0 saturated heterocycles. The summed E-state index contributed by atoms with van der Waals surface area (Å²) in [7, 11) is 0. The molecule has 2 aliphatic rings. The molecule has 1 aromatic carbocycles. The van der Waals surface area contributed by atoms with Crippen LogP contribution >= 0.6 is 0 Å². The average molecular weight is 359 g/mol. The van der Waals surface area contributed by atoms with Crippen molar-refractivity contribution in [2.75, 3.05) is 6.54 Å². The van der Waals surface area contributed by atoms with Crippen molar-refractivity contribution in [3.63, 3.8) is 0 Å². The van der Waals surface area contributed by atoms with Gasteiger partial charge in [-0.05, 0) is 62.3 Å². The van der Waals surface area contributed by atoms with Crippen LogP contribution in [0.1, 0.15) is 77.2 Å². The summed E-state index contributed by atoms with van der Waals surface area (Å²) in [4.78, 5) is 13.9. The van der Waals surface area contributed by atoms with E-state index in [-0.39, 0.29) is 14.2 Å². The Labute approximate surface area is 161 Å². The minimum Gasteiger partial charge on any atom is -0.366 e. The summed E-state index contributed by atoms with van der Waals surface area (Å²) in [6, 6.07) is 5.90. The molecule has 0 radical (unpaired) electrons. The van der Waals surface area contributed by atoms with Crippen molar-refractivity contribution in [1.29, 1.82) is 0 Å². The molecule has 1 aliphatic heterocycles. The van der Waals surface area contributed by atoms with Crippen molar-refractivity contribution in [3.8, 4) is 0 Å². The third-order valence-corrected chi connectivity index (χ3v) is 5.36. The van der Waals surface area contributed by atoms with Crippen LogP contribution in [0.25, 0.3) is 0 Å². The van der Waals surface area contributed by atoms with Gasteiger partial charge in [0.25, 0.3) is 0 Å². The average Bonchev–Trinajstić information content (AvgIpc) is 3.01. The monoisotopic (exact) mass is 358 g/mol. The molecule has 0 bridgehead atoms. The van der Waals surface area contributed by atoms with Crippen LogP contribution in [0.4, 0.5) is 0 Å². The predicted octanol–water partition coefficient (Wildman–Crippen LogP) is 5.70. The summed E-state index contributed by atoms with van der Waals surface area (Å²) in [6.45, 7) is 9.12. The van der Waals surface area contributed by atoms with E-state index in [1.807, 2.05) is 26.0 Å². The van der Waals surface area contributed by atoms with Crippen LogP contribution in [0.5, 0.6) is 0 Å². The van der Waals surface area contributed by atoms with E-state index < -0.39 is 0 Å². The summed E-state index contributed by atoms with van der Waals surface area (Å²) in [5, 5.41) is 0. The SMILES string of the molecule is C/C=C\C1(CN2Cc3ccc(C(N)=O)cc3C2)CC/C=C/CCC1.CC.[HH].[HH]. The minimum absolute atomic E-state index is 0. The van der Waals surface area contributed by atoms with Crippen LogP contribution in [0.3, 0.4) is 0 Å². The van der Waals surface area contributed by atoms with E-state index in [4.69, 9.17) is 5.73 Å². The molecule has 0 aromatic heterocycles. The number of rotatable bonds is 4. The molecule has 0 saturated carbocycles. The molecule has 0 spiro atoms. The molecule has 1 heterocycles.